The topological polar surface area (TPSA) is 59.1 Å². The molecule has 0 aliphatic heterocycles. The van der Waals surface area contributed by atoms with Crippen molar-refractivity contribution in [2.45, 2.75) is 31.7 Å². The molecule has 3 aromatic rings. The second kappa shape index (κ2) is 7.65. The molecule has 0 bridgehead atoms. The summed E-state index contributed by atoms with van der Waals surface area (Å²) in [4.78, 5) is 5.62. The van der Waals surface area contributed by atoms with Gasteiger partial charge in [0.2, 0.25) is 10.0 Å². The summed E-state index contributed by atoms with van der Waals surface area (Å²) in [6.07, 6.45) is 0.772. The van der Waals surface area contributed by atoms with Crippen LogP contribution in [0.2, 0.25) is 0 Å². The standard InChI is InChI=1S/C19H19FN2O2S2/c1-13-3-5-15(6-4-13)11-18-14(2)22-19(25-18)12-21-26(23,24)17-9-7-16(20)8-10-17/h3-10,21H,11-12H2,1-2H3. The number of hydrogen-bond donors (Lipinski definition) is 1. The van der Waals surface area contributed by atoms with E-state index in [2.05, 4.69) is 34.0 Å². The first-order valence-corrected chi connectivity index (χ1v) is 10.4. The number of nitrogens with one attached hydrogen (secondary N) is 1. The second-order valence-electron chi connectivity index (χ2n) is 6.06. The number of halogens is 1. The maximum Gasteiger partial charge on any atom is 0.240 e. The minimum atomic E-state index is -3.69. The first-order valence-electron chi connectivity index (χ1n) is 8.09. The molecule has 0 radical (unpaired) electrons. The number of aromatic nitrogens is 1. The molecule has 0 amide bonds. The van der Waals surface area contributed by atoms with Crippen LogP contribution in [0.3, 0.4) is 0 Å². The summed E-state index contributed by atoms with van der Waals surface area (Å²) in [5.74, 6) is -0.472. The molecule has 7 heteroatoms. The zero-order valence-corrected chi connectivity index (χ0v) is 16.1. The average molecular weight is 391 g/mol. The molecule has 0 saturated carbocycles. The van der Waals surface area contributed by atoms with Gasteiger partial charge in [-0.2, -0.15) is 0 Å². The van der Waals surface area contributed by atoms with Crippen molar-refractivity contribution in [2.24, 2.45) is 0 Å². The summed E-state index contributed by atoms with van der Waals surface area (Å²) in [6.45, 7) is 4.09. The molecule has 2 aromatic carbocycles. The Bertz CT molecular complexity index is 995. The Labute approximate surface area is 156 Å². The summed E-state index contributed by atoms with van der Waals surface area (Å²) in [5.41, 5.74) is 3.32. The number of rotatable bonds is 6. The fourth-order valence-corrected chi connectivity index (χ4v) is 4.60. The third-order valence-corrected chi connectivity index (χ3v) is 6.53. The fraction of sp³-hybridized carbons (Fsp3) is 0.211. The van der Waals surface area contributed by atoms with E-state index in [-0.39, 0.29) is 11.4 Å². The Balaban J connectivity index is 1.69. The smallest absolute Gasteiger partial charge is 0.240 e. The second-order valence-corrected chi connectivity index (χ2v) is 8.99. The van der Waals surface area contributed by atoms with Crippen LogP contribution in [0.4, 0.5) is 4.39 Å². The summed E-state index contributed by atoms with van der Waals surface area (Å²) in [7, 11) is -3.69. The number of sulfonamides is 1. The van der Waals surface area contributed by atoms with Crippen LogP contribution in [-0.2, 0) is 23.0 Å². The number of nitrogens with zero attached hydrogens (tertiary/aromatic N) is 1. The van der Waals surface area contributed by atoms with Crippen LogP contribution in [0.15, 0.2) is 53.4 Å². The lowest BCUT2D eigenvalue weighted by Gasteiger charge is -2.04. The van der Waals surface area contributed by atoms with Gasteiger partial charge in [0.25, 0.3) is 0 Å². The van der Waals surface area contributed by atoms with Gasteiger partial charge < -0.3 is 0 Å². The third kappa shape index (κ3) is 4.55. The van der Waals surface area contributed by atoms with Gasteiger partial charge in [-0.3, -0.25) is 0 Å². The normalized spacial score (nSPS) is 11.7. The lowest BCUT2D eigenvalue weighted by Crippen LogP contribution is -2.23. The summed E-state index contributed by atoms with van der Waals surface area (Å²) < 4.78 is 40.0. The number of thiazole rings is 1. The van der Waals surface area contributed by atoms with E-state index in [0.29, 0.717) is 5.01 Å². The molecule has 0 atom stereocenters. The molecule has 0 spiro atoms. The monoisotopic (exact) mass is 390 g/mol. The molecule has 0 aliphatic carbocycles. The molecule has 0 fully saturated rings. The molecule has 1 aromatic heterocycles. The van der Waals surface area contributed by atoms with Crippen molar-refractivity contribution in [1.29, 1.82) is 0 Å². The van der Waals surface area contributed by atoms with Crippen LogP contribution in [0.25, 0.3) is 0 Å². The Morgan fingerprint density at radius 1 is 1.04 bits per heavy atom. The van der Waals surface area contributed by atoms with Gasteiger partial charge in [0.15, 0.2) is 0 Å². The summed E-state index contributed by atoms with van der Waals surface area (Å²) >= 11 is 1.50. The van der Waals surface area contributed by atoms with E-state index < -0.39 is 15.8 Å². The SMILES string of the molecule is Cc1ccc(Cc2sc(CNS(=O)(=O)c3ccc(F)cc3)nc2C)cc1. The van der Waals surface area contributed by atoms with Crippen molar-refractivity contribution >= 4 is 21.4 Å². The zero-order valence-electron chi connectivity index (χ0n) is 14.5. The van der Waals surface area contributed by atoms with Crippen LogP contribution >= 0.6 is 11.3 Å². The van der Waals surface area contributed by atoms with E-state index >= 15 is 0 Å². The van der Waals surface area contributed by atoms with E-state index in [9.17, 15) is 12.8 Å². The Hall–Kier alpha value is -2.09. The summed E-state index contributed by atoms with van der Waals surface area (Å²) in [6, 6.07) is 13.1. The first kappa shape index (κ1) is 18.7. The predicted octanol–water partition coefficient (Wildman–Crippen LogP) is 3.97. The molecule has 0 saturated heterocycles. The van der Waals surface area contributed by atoms with Crippen LogP contribution in [0, 0.1) is 19.7 Å². The van der Waals surface area contributed by atoms with Crippen molar-refractivity contribution in [1.82, 2.24) is 9.71 Å². The van der Waals surface area contributed by atoms with Crippen molar-refractivity contribution in [3.8, 4) is 0 Å². The maximum atomic E-state index is 13.0. The largest absolute Gasteiger partial charge is 0.245 e. The van der Waals surface area contributed by atoms with Crippen molar-refractivity contribution in [3.63, 3.8) is 0 Å². The quantitative estimate of drug-likeness (QED) is 0.693. The van der Waals surface area contributed by atoms with Gasteiger partial charge in [-0.25, -0.2) is 22.5 Å². The summed E-state index contributed by atoms with van der Waals surface area (Å²) in [5, 5.41) is 0.704. The highest BCUT2D eigenvalue weighted by atomic mass is 32.2. The van der Waals surface area contributed by atoms with Crippen LogP contribution in [0.5, 0.6) is 0 Å². The molecule has 0 aliphatic rings. The number of aryl methyl sites for hydroxylation is 2. The van der Waals surface area contributed by atoms with Crippen molar-refractivity contribution in [3.05, 3.63) is 81.1 Å². The number of benzene rings is 2. The van der Waals surface area contributed by atoms with Gasteiger partial charge in [-0.15, -0.1) is 11.3 Å². The molecule has 1 N–H and O–H groups in total. The highest BCUT2D eigenvalue weighted by Crippen LogP contribution is 2.22. The third-order valence-electron chi connectivity index (χ3n) is 3.96. The fourth-order valence-electron chi connectivity index (χ4n) is 2.47. The van der Waals surface area contributed by atoms with Gasteiger partial charge in [0.05, 0.1) is 17.1 Å². The van der Waals surface area contributed by atoms with Crippen molar-refractivity contribution < 1.29 is 12.8 Å². The maximum absolute atomic E-state index is 13.0. The minimum absolute atomic E-state index is 0.0343. The molecule has 136 valence electrons. The molecular formula is C19H19FN2O2S2. The minimum Gasteiger partial charge on any atom is -0.245 e. The Morgan fingerprint density at radius 2 is 1.69 bits per heavy atom. The van der Waals surface area contributed by atoms with Gasteiger partial charge in [-0.05, 0) is 43.7 Å². The van der Waals surface area contributed by atoms with Crippen LogP contribution < -0.4 is 4.72 Å². The molecule has 1 heterocycles. The van der Waals surface area contributed by atoms with E-state index in [0.717, 1.165) is 29.1 Å². The lowest BCUT2D eigenvalue weighted by atomic mass is 10.1. The molecule has 3 rings (SSSR count). The van der Waals surface area contributed by atoms with Gasteiger partial charge in [0.1, 0.15) is 10.8 Å². The van der Waals surface area contributed by atoms with Gasteiger partial charge in [-0.1, -0.05) is 29.8 Å². The van der Waals surface area contributed by atoms with Crippen molar-refractivity contribution in [2.75, 3.05) is 0 Å². The first-order chi connectivity index (χ1) is 12.3. The van der Waals surface area contributed by atoms with Gasteiger partial charge in [0, 0.05) is 11.3 Å². The number of hydrogen-bond acceptors (Lipinski definition) is 4. The molecule has 4 nitrogen and oxygen atoms in total. The van der Waals surface area contributed by atoms with E-state index in [1.165, 1.54) is 34.6 Å². The van der Waals surface area contributed by atoms with E-state index in [1.807, 2.05) is 13.8 Å². The molecular weight excluding hydrogens is 371 g/mol. The predicted molar refractivity (Wildman–Crippen MR) is 101 cm³/mol. The highest BCUT2D eigenvalue weighted by Gasteiger charge is 2.16. The average Bonchev–Trinajstić information content (AvgIpc) is 2.95. The zero-order chi connectivity index (χ0) is 18.7. The van der Waals surface area contributed by atoms with E-state index in [4.69, 9.17) is 0 Å². The van der Waals surface area contributed by atoms with Crippen LogP contribution in [0.1, 0.15) is 26.7 Å². The van der Waals surface area contributed by atoms with Gasteiger partial charge >= 0.3 is 0 Å². The Kier molecular flexibility index (Phi) is 5.50. The molecule has 0 unspecified atom stereocenters. The highest BCUT2D eigenvalue weighted by molar-refractivity contribution is 7.89. The molecule has 26 heavy (non-hydrogen) atoms. The lowest BCUT2D eigenvalue weighted by molar-refractivity contribution is 0.580. The van der Waals surface area contributed by atoms with Crippen LogP contribution in [-0.4, -0.2) is 13.4 Å². The van der Waals surface area contributed by atoms with E-state index in [1.54, 1.807) is 0 Å². The Morgan fingerprint density at radius 3 is 2.35 bits per heavy atom.